The fourth-order valence-corrected chi connectivity index (χ4v) is 2.16. The minimum Gasteiger partial charge on any atom is -0.493 e. The third kappa shape index (κ3) is 3.57. The summed E-state index contributed by atoms with van der Waals surface area (Å²) in [4.78, 5) is 12.3. The van der Waals surface area contributed by atoms with Crippen molar-refractivity contribution in [2.24, 2.45) is 0 Å². The Kier molecular flexibility index (Phi) is 4.60. The van der Waals surface area contributed by atoms with E-state index in [1.807, 2.05) is 0 Å². The van der Waals surface area contributed by atoms with Crippen molar-refractivity contribution in [3.05, 3.63) is 53.8 Å². The minimum atomic E-state index is -0.463. The van der Waals surface area contributed by atoms with Gasteiger partial charge in [0.25, 0.3) is 5.91 Å². The Hall–Kier alpha value is -3.42. The summed E-state index contributed by atoms with van der Waals surface area (Å²) in [7, 11) is 2.98. The van der Waals surface area contributed by atoms with Gasteiger partial charge in [0.05, 0.1) is 14.2 Å². The standard InChI is InChI=1S/C17H14FN3O4/c1-23-13-7-6-10(9-14(13)24-2)15(22)19-17-21-20-16(25-17)11-4-3-5-12(18)8-11/h3-9H,1-2H3,(H,19,21,22). The second-order valence-electron chi connectivity index (χ2n) is 4.95. The lowest BCUT2D eigenvalue weighted by Gasteiger charge is -2.08. The van der Waals surface area contributed by atoms with Crippen LogP contribution in [-0.4, -0.2) is 30.3 Å². The number of aromatic nitrogens is 2. The number of amides is 1. The molecule has 2 aromatic carbocycles. The molecular formula is C17H14FN3O4. The molecule has 1 N–H and O–H groups in total. The fraction of sp³-hybridized carbons (Fsp3) is 0.118. The summed E-state index contributed by atoms with van der Waals surface area (Å²) >= 11 is 0. The normalized spacial score (nSPS) is 10.4. The van der Waals surface area contributed by atoms with Crippen molar-refractivity contribution >= 4 is 11.9 Å². The average Bonchev–Trinajstić information content (AvgIpc) is 3.09. The van der Waals surface area contributed by atoms with Crippen LogP contribution in [0.4, 0.5) is 10.4 Å². The molecule has 1 amide bonds. The number of halogens is 1. The number of carbonyl (C=O) groups excluding carboxylic acids is 1. The molecule has 0 saturated carbocycles. The molecule has 0 atom stereocenters. The summed E-state index contributed by atoms with van der Waals surface area (Å²) in [5, 5.41) is 10.0. The molecule has 0 bridgehead atoms. The number of nitrogens with zero attached hydrogens (tertiary/aromatic N) is 2. The number of hydrogen-bond donors (Lipinski definition) is 1. The summed E-state index contributed by atoms with van der Waals surface area (Å²) in [5.74, 6) is 0.135. The second-order valence-corrected chi connectivity index (χ2v) is 4.95. The van der Waals surface area contributed by atoms with Gasteiger partial charge >= 0.3 is 6.01 Å². The lowest BCUT2D eigenvalue weighted by Crippen LogP contribution is -2.12. The fourth-order valence-electron chi connectivity index (χ4n) is 2.16. The van der Waals surface area contributed by atoms with Crippen LogP contribution >= 0.6 is 0 Å². The van der Waals surface area contributed by atoms with E-state index in [9.17, 15) is 9.18 Å². The first-order chi connectivity index (χ1) is 12.1. The number of hydrogen-bond acceptors (Lipinski definition) is 6. The number of anilines is 1. The van der Waals surface area contributed by atoms with Gasteiger partial charge in [-0.15, -0.1) is 5.10 Å². The van der Waals surface area contributed by atoms with Crippen LogP contribution in [0, 0.1) is 5.82 Å². The van der Waals surface area contributed by atoms with Gasteiger partial charge in [0.2, 0.25) is 5.89 Å². The number of benzene rings is 2. The van der Waals surface area contributed by atoms with Gasteiger partial charge in [-0.2, -0.15) is 0 Å². The molecule has 25 heavy (non-hydrogen) atoms. The highest BCUT2D eigenvalue weighted by atomic mass is 19.1. The number of carbonyl (C=O) groups is 1. The van der Waals surface area contributed by atoms with Crippen LogP contribution in [0.5, 0.6) is 11.5 Å². The summed E-state index contributed by atoms with van der Waals surface area (Å²) in [6.45, 7) is 0. The van der Waals surface area contributed by atoms with Crippen molar-refractivity contribution in [1.29, 1.82) is 0 Å². The highest BCUT2D eigenvalue weighted by Gasteiger charge is 2.15. The van der Waals surface area contributed by atoms with E-state index in [4.69, 9.17) is 13.9 Å². The average molecular weight is 343 g/mol. The molecule has 3 aromatic rings. The lowest BCUT2D eigenvalue weighted by molar-refractivity contribution is 0.102. The monoisotopic (exact) mass is 343 g/mol. The highest BCUT2D eigenvalue weighted by molar-refractivity contribution is 6.03. The zero-order valence-corrected chi connectivity index (χ0v) is 13.4. The molecule has 8 heteroatoms. The third-order valence-electron chi connectivity index (χ3n) is 3.36. The van der Waals surface area contributed by atoms with Crippen LogP contribution in [0.3, 0.4) is 0 Å². The van der Waals surface area contributed by atoms with Crippen molar-refractivity contribution < 1.29 is 23.1 Å². The van der Waals surface area contributed by atoms with E-state index in [1.54, 1.807) is 18.2 Å². The molecule has 0 unspecified atom stereocenters. The number of rotatable bonds is 5. The van der Waals surface area contributed by atoms with Gasteiger partial charge in [0.1, 0.15) is 5.82 Å². The van der Waals surface area contributed by atoms with E-state index in [1.165, 1.54) is 38.5 Å². The Labute approximate surface area is 142 Å². The Morgan fingerprint density at radius 1 is 1.08 bits per heavy atom. The number of ether oxygens (including phenoxy) is 2. The Morgan fingerprint density at radius 3 is 2.60 bits per heavy atom. The maximum absolute atomic E-state index is 13.2. The van der Waals surface area contributed by atoms with Crippen molar-refractivity contribution in [2.75, 3.05) is 19.5 Å². The molecule has 0 aliphatic rings. The Morgan fingerprint density at radius 2 is 1.88 bits per heavy atom. The zero-order chi connectivity index (χ0) is 17.8. The van der Waals surface area contributed by atoms with Gasteiger partial charge in [-0.1, -0.05) is 11.2 Å². The molecule has 0 radical (unpaired) electrons. The minimum absolute atomic E-state index is 0.0981. The van der Waals surface area contributed by atoms with Crippen molar-refractivity contribution in [2.45, 2.75) is 0 Å². The van der Waals surface area contributed by atoms with E-state index in [0.29, 0.717) is 22.6 Å². The smallest absolute Gasteiger partial charge is 0.322 e. The zero-order valence-electron chi connectivity index (χ0n) is 13.4. The van der Waals surface area contributed by atoms with Crippen LogP contribution in [0.1, 0.15) is 10.4 Å². The molecular weight excluding hydrogens is 329 g/mol. The Bertz CT molecular complexity index is 910. The SMILES string of the molecule is COc1ccc(C(=O)Nc2nnc(-c3cccc(F)c3)o2)cc1OC. The van der Waals surface area contributed by atoms with Crippen molar-refractivity contribution in [3.63, 3.8) is 0 Å². The molecule has 0 fully saturated rings. The van der Waals surface area contributed by atoms with E-state index < -0.39 is 11.7 Å². The molecule has 1 heterocycles. The summed E-state index contributed by atoms with van der Waals surface area (Å²) in [6.07, 6.45) is 0. The van der Waals surface area contributed by atoms with E-state index in [-0.39, 0.29) is 11.9 Å². The first-order valence-electron chi connectivity index (χ1n) is 7.23. The van der Waals surface area contributed by atoms with Gasteiger partial charge in [0, 0.05) is 11.1 Å². The predicted octanol–water partition coefficient (Wildman–Crippen LogP) is 3.15. The molecule has 128 valence electrons. The molecule has 7 nitrogen and oxygen atoms in total. The van der Waals surface area contributed by atoms with Gasteiger partial charge < -0.3 is 13.9 Å². The molecule has 0 aliphatic heterocycles. The van der Waals surface area contributed by atoms with Gasteiger partial charge in [-0.05, 0) is 36.4 Å². The van der Waals surface area contributed by atoms with Crippen LogP contribution < -0.4 is 14.8 Å². The van der Waals surface area contributed by atoms with Gasteiger partial charge in [-0.25, -0.2) is 4.39 Å². The van der Waals surface area contributed by atoms with Crippen LogP contribution in [0.25, 0.3) is 11.5 Å². The maximum atomic E-state index is 13.2. The highest BCUT2D eigenvalue weighted by Crippen LogP contribution is 2.28. The third-order valence-corrected chi connectivity index (χ3v) is 3.36. The summed E-state index contributed by atoms with van der Waals surface area (Å²) in [5.41, 5.74) is 0.738. The quantitative estimate of drug-likeness (QED) is 0.766. The molecule has 0 spiro atoms. The largest absolute Gasteiger partial charge is 0.493 e. The second kappa shape index (κ2) is 7.00. The van der Waals surface area contributed by atoms with E-state index in [2.05, 4.69) is 15.5 Å². The molecule has 0 saturated heterocycles. The summed E-state index contributed by atoms with van der Waals surface area (Å²) < 4.78 is 28.9. The first-order valence-corrected chi connectivity index (χ1v) is 7.23. The van der Waals surface area contributed by atoms with Crippen molar-refractivity contribution in [1.82, 2.24) is 10.2 Å². The van der Waals surface area contributed by atoms with Gasteiger partial charge in [0.15, 0.2) is 11.5 Å². The van der Waals surface area contributed by atoms with E-state index in [0.717, 1.165) is 0 Å². The van der Waals surface area contributed by atoms with Gasteiger partial charge in [-0.3, -0.25) is 10.1 Å². The first kappa shape index (κ1) is 16.4. The number of nitrogens with one attached hydrogen (secondary N) is 1. The van der Waals surface area contributed by atoms with Crippen molar-refractivity contribution in [3.8, 4) is 23.0 Å². The van der Waals surface area contributed by atoms with Crippen LogP contribution in [-0.2, 0) is 0 Å². The maximum Gasteiger partial charge on any atom is 0.322 e. The molecule has 1 aromatic heterocycles. The van der Waals surface area contributed by atoms with Crippen LogP contribution in [0.2, 0.25) is 0 Å². The van der Waals surface area contributed by atoms with E-state index >= 15 is 0 Å². The molecule has 3 rings (SSSR count). The number of methoxy groups -OCH3 is 2. The summed E-state index contributed by atoms with van der Waals surface area (Å²) in [6, 6.07) is 10.3. The molecule has 0 aliphatic carbocycles. The van der Waals surface area contributed by atoms with Crippen LogP contribution in [0.15, 0.2) is 46.9 Å². The topological polar surface area (TPSA) is 86.5 Å². The Balaban J connectivity index is 1.78. The lowest BCUT2D eigenvalue weighted by atomic mass is 10.2. The predicted molar refractivity (Wildman–Crippen MR) is 87.2 cm³/mol.